The molecular weight excluding hydrogens is 406 g/mol. The Labute approximate surface area is 186 Å². The first-order chi connectivity index (χ1) is 14.8. The summed E-state index contributed by atoms with van der Waals surface area (Å²) in [4.78, 5) is 19.0. The van der Waals surface area contributed by atoms with Gasteiger partial charge in [-0.05, 0) is 52.8 Å². The van der Waals surface area contributed by atoms with Gasteiger partial charge in [0.05, 0.1) is 16.0 Å². The van der Waals surface area contributed by atoms with Crippen molar-refractivity contribution in [3.63, 3.8) is 0 Å². The zero-order chi connectivity index (χ0) is 22.6. The van der Waals surface area contributed by atoms with Crippen LogP contribution in [-0.4, -0.2) is 43.5 Å². The third-order valence-corrected chi connectivity index (χ3v) is 6.44. The molecule has 1 amide bonds. The van der Waals surface area contributed by atoms with Gasteiger partial charge in [-0.3, -0.25) is 9.78 Å². The number of nitrogens with zero attached hydrogens (tertiary/aromatic N) is 3. The van der Waals surface area contributed by atoms with Gasteiger partial charge >= 0.3 is 0 Å². The van der Waals surface area contributed by atoms with Gasteiger partial charge in [-0.25, -0.2) is 4.21 Å². The van der Waals surface area contributed by atoms with E-state index in [2.05, 4.69) is 9.38 Å². The lowest BCUT2D eigenvalue weighted by Gasteiger charge is -2.19. The number of aromatic nitrogens is 1. The number of hydrogen-bond donors (Lipinski definition) is 0. The van der Waals surface area contributed by atoms with E-state index in [-0.39, 0.29) is 5.91 Å². The highest BCUT2D eigenvalue weighted by molar-refractivity contribution is 7.85. The second-order valence-electron chi connectivity index (χ2n) is 8.24. The number of fused-ring (bicyclic) bond motifs is 1. The maximum Gasteiger partial charge on any atom is 0.253 e. The van der Waals surface area contributed by atoms with Gasteiger partial charge in [0.2, 0.25) is 0 Å². The minimum Gasteiger partial charge on any atom is -0.339 e. The molecule has 0 saturated carbocycles. The lowest BCUT2D eigenvalue weighted by Crippen LogP contribution is -2.30. The Balaban J connectivity index is 2.13. The highest BCUT2D eigenvalue weighted by atomic mass is 32.2. The molecule has 3 aromatic rings. The molecule has 162 valence electrons. The van der Waals surface area contributed by atoms with Gasteiger partial charge in [-0.2, -0.15) is 4.40 Å². The van der Waals surface area contributed by atoms with Crippen molar-refractivity contribution in [2.45, 2.75) is 39.4 Å². The molecule has 1 aromatic heterocycles. The van der Waals surface area contributed by atoms with E-state index in [0.29, 0.717) is 24.4 Å². The average molecular weight is 436 g/mol. The zero-order valence-corrected chi connectivity index (χ0v) is 19.6. The maximum absolute atomic E-state index is 12.9. The first-order valence-electron chi connectivity index (χ1n) is 10.5. The Morgan fingerprint density at radius 1 is 0.968 bits per heavy atom. The number of pyridine rings is 1. The number of hydrogen-bond acceptors (Lipinski definition) is 3. The van der Waals surface area contributed by atoms with E-state index in [1.807, 2.05) is 89.2 Å². The molecular formula is C25H29N3O2S. The van der Waals surface area contributed by atoms with Gasteiger partial charge in [0, 0.05) is 41.4 Å². The number of amides is 1. The van der Waals surface area contributed by atoms with Crippen LogP contribution >= 0.6 is 0 Å². The summed E-state index contributed by atoms with van der Waals surface area (Å²) in [7, 11) is -1.45. The number of para-hydroxylation sites is 1. The van der Waals surface area contributed by atoms with Crippen LogP contribution in [0.1, 0.15) is 56.1 Å². The summed E-state index contributed by atoms with van der Waals surface area (Å²) in [6.07, 6.45) is 1.75. The van der Waals surface area contributed by atoms with Crippen LogP contribution in [0, 0.1) is 0 Å². The lowest BCUT2D eigenvalue weighted by atomic mass is 9.98. The molecule has 0 bridgehead atoms. The van der Waals surface area contributed by atoms with Gasteiger partial charge in [-0.1, -0.05) is 36.4 Å². The summed E-state index contributed by atoms with van der Waals surface area (Å²) in [5.74, 6) is 0.000124. The van der Waals surface area contributed by atoms with Crippen molar-refractivity contribution in [3.8, 4) is 0 Å². The van der Waals surface area contributed by atoms with Crippen molar-refractivity contribution in [1.82, 2.24) is 9.88 Å². The Morgan fingerprint density at radius 3 is 2.19 bits per heavy atom. The number of rotatable bonds is 6. The van der Waals surface area contributed by atoms with E-state index in [4.69, 9.17) is 0 Å². The van der Waals surface area contributed by atoms with E-state index in [1.54, 1.807) is 11.1 Å². The molecule has 31 heavy (non-hydrogen) atoms. The normalized spacial score (nSPS) is 13.3. The minimum atomic E-state index is -1.45. The first kappa shape index (κ1) is 22.8. The van der Waals surface area contributed by atoms with Crippen LogP contribution < -0.4 is 0 Å². The zero-order valence-electron chi connectivity index (χ0n) is 18.8. The SMILES string of the molecule is CCN(CC)C(=O)c1ccc(/C(=N\S(=O)C(C)(C)C)c2cccc3cccnc23)cc1. The maximum atomic E-state index is 12.9. The summed E-state index contributed by atoms with van der Waals surface area (Å²) in [5, 5.41) is 0.988. The van der Waals surface area contributed by atoms with E-state index in [0.717, 1.165) is 22.0 Å². The monoisotopic (exact) mass is 435 g/mol. The summed E-state index contributed by atoms with van der Waals surface area (Å²) < 4.78 is 17.1. The third-order valence-electron chi connectivity index (χ3n) is 5.04. The predicted molar refractivity (Wildman–Crippen MR) is 129 cm³/mol. The van der Waals surface area contributed by atoms with E-state index in [9.17, 15) is 9.00 Å². The quantitative estimate of drug-likeness (QED) is 0.511. The molecule has 0 aliphatic rings. The first-order valence-corrected chi connectivity index (χ1v) is 11.6. The van der Waals surface area contributed by atoms with Gasteiger partial charge in [0.15, 0.2) is 0 Å². The summed E-state index contributed by atoms with van der Waals surface area (Å²) in [5.41, 5.74) is 3.66. The summed E-state index contributed by atoms with van der Waals surface area (Å²) in [6, 6.07) is 17.1. The second kappa shape index (κ2) is 9.52. The van der Waals surface area contributed by atoms with Crippen molar-refractivity contribution in [1.29, 1.82) is 0 Å². The van der Waals surface area contributed by atoms with Crippen LogP contribution in [0.5, 0.6) is 0 Å². The minimum absolute atomic E-state index is 0.000124. The number of benzene rings is 2. The summed E-state index contributed by atoms with van der Waals surface area (Å²) in [6.45, 7) is 11.0. The molecule has 1 heterocycles. The van der Waals surface area contributed by atoms with Crippen molar-refractivity contribution in [2.75, 3.05) is 13.1 Å². The molecule has 0 N–H and O–H groups in total. The predicted octanol–water partition coefficient (Wildman–Crippen LogP) is 5.02. The van der Waals surface area contributed by atoms with Crippen LogP contribution in [0.25, 0.3) is 10.9 Å². The highest BCUT2D eigenvalue weighted by Crippen LogP contribution is 2.23. The largest absolute Gasteiger partial charge is 0.339 e. The molecule has 0 fully saturated rings. The molecule has 0 aliphatic heterocycles. The Morgan fingerprint density at radius 2 is 1.58 bits per heavy atom. The molecule has 0 aliphatic carbocycles. The van der Waals surface area contributed by atoms with Crippen LogP contribution in [-0.2, 0) is 11.0 Å². The topological polar surface area (TPSA) is 62.6 Å². The van der Waals surface area contributed by atoms with Gasteiger partial charge in [0.1, 0.15) is 11.0 Å². The van der Waals surface area contributed by atoms with Crippen molar-refractivity contribution in [3.05, 3.63) is 77.5 Å². The van der Waals surface area contributed by atoms with Crippen LogP contribution in [0.4, 0.5) is 0 Å². The Kier molecular flexibility index (Phi) is 7.01. The van der Waals surface area contributed by atoms with Gasteiger partial charge in [-0.15, -0.1) is 0 Å². The Hall–Kier alpha value is -2.86. The third kappa shape index (κ3) is 5.07. The fourth-order valence-corrected chi connectivity index (χ4v) is 3.88. The van der Waals surface area contributed by atoms with E-state index < -0.39 is 15.7 Å². The standard InChI is InChI=1S/C25H29N3O2S/c1-6-28(7-2)24(29)20-15-13-19(14-16-20)23(27-31(30)25(3,4)5)21-12-8-10-18-11-9-17-26-22(18)21/h8-17H,6-7H2,1-5H3/b27-23+. The van der Waals surface area contributed by atoms with Gasteiger partial charge < -0.3 is 4.90 Å². The van der Waals surface area contributed by atoms with Crippen LogP contribution in [0.2, 0.25) is 0 Å². The number of carbonyl (C=O) groups is 1. The highest BCUT2D eigenvalue weighted by Gasteiger charge is 2.22. The fourth-order valence-electron chi connectivity index (χ4n) is 3.24. The van der Waals surface area contributed by atoms with Crippen molar-refractivity contribution in [2.24, 2.45) is 4.40 Å². The molecule has 5 nitrogen and oxygen atoms in total. The fraction of sp³-hybridized carbons (Fsp3) is 0.320. The average Bonchev–Trinajstić information content (AvgIpc) is 2.77. The second-order valence-corrected chi connectivity index (χ2v) is 10.1. The molecule has 0 spiro atoms. The van der Waals surface area contributed by atoms with E-state index >= 15 is 0 Å². The van der Waals surface area contributed by atoms with Crippen molar-refractivity contribution < 1.29 is 9.00 Å². The van der Waals surface area contributed by atoms with Gasteiger partial charge in [0.25, 0.3) is 5.91 Å². The molecule has 0 radical (unpaired) electrons. The molecule has 2 aromatic carbocycles. The molecule has 6 heteroatoms. The van der Waals surface area contributed by atoms with Crippen LogP contribution in [0.3, 0.4) is 0 Å². The molecule has 1 unspecified atom stereocenters. The lowest BCUT2D eigenvalue weighted by molar-refractivity contribution is 0.0773. The smallest absolute Gasteiger partial charge is 0.253 e. The van der Waals surface area contributed by atoms with Crippen LogP contribution in [0.15, 0.2) is 65.2 Å². The molecule has 0 saturated heterocycles. The molecule has 3 rings (SSSR count). The van der Waals surface area contributed by atoms with Crippen molar-refractivity contribution >= 4 is 33.5 Å². The van der Waals surface area contributed by atoms with E-state index in [1.165, 1.54) is 0 Å². The summed E-state index contributed by atoms with van der Waals surface area (Å²) >= 11 is 0. The number of carbonyl (C=O) groups excluding carboxylic acids is 1. The molecule has 1 atom stereocenters. The Bertz CT molecular complexity index is 1120.